The van der Waals surface area contributed by atoms with Gasteiger partial charge in [0.25, 0.3) is 0 Å². The monoisotopic (exact) mass is 330 g/mol. The van der Waals surface area contributed by atoms with Gasteiger partial charge in [0, 0.05) is 6.92 Å². The Hall–Kier alpha value is -1.57. The summed E-state index contributed by atoms with van der Waals surface area (Å²) in [6, 6.07) is 0. The van der Waals surface area contributed by atoms with E-state index in [9.17, 15) is 4.79 Å². The molecule has 0 saturated carbocycles. The molecule has 0 fully saturated rings. The number of carbonyl (C=O) groups excluding carboxylic acids is 1. The Morgan fingerprint density at radius 3 is 2.42 bits per heavy atom. The fourth-order valence-corrected chi connectivity index (χ4v) is 2.95. The number of rotatable bonds is 3. The second-order valence-corrected chi connectivity index (χ2v) is 7.14. The first-order valence-corrected chi connectivity index (χ1v) is 9.16. The molecule has 1 atom stereocenters. The van der Waals surface area contributed by atoms with Gasteiger partial charge >= 0.3 is 5.97 Å². The maximum atomic E-state index is 11.1. The molecule has 0 aromatic carbocycles. The van der Waals surface area contributed by atoms with Gasteiger partial charge in [-0.1, -0.05) is 41.5 Å². The van der Waals surface area contributed by atoms with Gasteiger partial charge in [-0.05, 0) is 77.2 Å². The quantitative estimate of drug-likeness (QED) is 0.448. The normalized spacial score (nSPS) is 21.0. The minimum atomic E-state index is -0.205. The summed E-state index contributed by atoms with van der Waals surface area (Å²) in [5, 5.41) is 0. The third-order valence-corrected chi connectivity index (χ3v) is 4.73. The minimum Gasteiger partial charge on any atom is -0.461 e. The summed E-state index contributed by atoms with van der Waals surface area (Å²) in [4.78, 5) is 11.1. The Morgan fingerprint density at radius 1 is 1.08 bits per heavy atom. The van der Waals surface area contributed by atoms with Gasteiger partial charge in [0.15, 0.2) is 0 Å². The van der Waals surface area contributed by atoms with E-state index in [1.54, 1.807) is 0 Å². The molecular weight excluding hydrogens is 296 g/mol. The molecule has 134 valence electrons. The fraction of sp³-hybridized carbons (Fsp3) is 0.591. The highest BCUT2D eigenvalue weighted by Crippen LogP contribution is 2.24. The van der Waals surface area contributed by atoms with E-state index in [4.69, 9.17) is 4.74 Å². The zero-order valence-electron chi connectivity index (χ0n) is 16.0. The zero-order chi connectivity index (χ0) is 17.9. The van der Waals surface area contributed by atoms with E-state index >= 15 is 0 Å². The fourth-order valence-electron chi connectivity index (χ4n) is 2.95. The summed E-state index contributed by atoms with van der Waals surface area (Å²) in [5.41, 5.74) is 5.42. The first-order chi connectivity index (χ1) is 11.4. The van der Waals surface area contributed by atoms with Gasteiger partial charge in [-0.3, -0.25) is 4.79 Å². The van der Waals surface area contributed by atoms with E-state index in [1.807, 2.05) is 0 Å². The van der Waals surface area contributed by atoms with Crippen molar-refractivity contribution in [1.82, 2.24) is 0 Å². The van der Waals surface area contributed by atoms with E-state index < -0.39 is 0 Å². The molecule has 1 aliphatic rings. The number of allylic oxidation sites excluding steroid dienone is 6. The van der Waals surface area contributed by atoms with Crippen LogP contribution in [0.5, 0.6) is 0 Å². The van der Waals surface area contributed by atoms with Crippen LogP contribution in [0.25, 0.3) is 0 Å². The summed E-state index contributed by atoms with van der Waals surface area (Å²) in [6.07, 6.45) is 14.5. The molecule has 0 aliphatic heterocycles. The predicted molar refractivity (Wildman–Crippen MR) is 103 cm³/mol. The van der Waals surface area contributed by atoms with Crippen LogP contribution >= 0.6 is 0 Å². The lowest BCUT2D eigenvalue weighted by Gasteiger charge is -2.16. The molecule has 2 heteroatoms. The maximum absolute atomic E-state index is 11.1. The van der Waals surface area contributed by atoms with Crippen LogP contribution in [-0.2, 0) is 9.53 Å². The molecular formula is C22H34O2. The Bertz CT molecular complexity index is 520. The smallest absolute Gasteiger partial charge is 0.302 e. The number of hydrogen-bond acceptors (Lipinski definition) is 2. The van der Waals surface area contributed by atoms with Crippen molar-refractivity contribution in [3.05, 3.63) is 47.1 Å². The van der Waals surface area contributed by atoms with E-state index in [0.717, 1.165) is 38.5 Å². The maximum Gasteiger partial charge on any atom is 0.302 e. The Kier molecular flexibility index (Phi) is 9.44. The van der Waals surface area contributed by atoms with Crippen LogP contribution in [0, 0.1) is 5.92 Å². The van der Waals surface area contributed by atoms with Crippen molar-refractivity contribution >= 4 is 5.97 Å². The molecule has 24 heavy (non-hydrogen) atoms. The highest BCUT2D eigenvalue weighted by Gasteiger charge is 2.09. The largest absolute Gasteiger partial charge is 0.461 e. The van der Waals surface area contributed by atoms with Crippen molar-refractivity contribution < 1.29 is 9.53 Å². The minimum absolute atomic E-state index is 0.205. The van der Waals surface area contributed by atoms with Crippen molar-refractivity contribution in [3.63, 3.8) is 0 Å². The zero-order valence-corrected chi connectivity index (χ0v) is 16.0. The molecule has 1 unspecified atom stereocenters. The third-order valence-electron chi connectivity index (χ3n) is 4.73. The molecule has 0 spiro atoms. The molecule has 1 rings (SSSR count). The van der Waals surface area contributed by atoms with Crippen molar-refractivity contribution in [1.29, 1.82) is 0 Å². The van der Waals surface area contributed by atoms with E-state index in [1.165, 1.54) is 35.6 Å². The summed E-state index contributed by atoms with van der Waals surface area (Å²) < 4.78 is 5.19. The number of ether oxygens (including phenoxy) is 1. The third kappa shape index (κ3) is 8.90. The van der Waals surface area contributed by atoms with Crippen LogP contribution in [0.2, 0.25) is 0 Å². The van der Waals surface area contributed by atoms with Gasteiger partial charge in [0.1, 0.15) is 6.61 Å². The summed E-state index contributed by atoms with van der Waals surface area (Å²) in [5.74, 6) is 0.380. The molecule has 0 bridgehead atoms. The van der Waals surface area contributed by atoms with Gasteiger partial charge < -0.3 is 4.74 Å². The van der Waals surface area contributed by atoms with Crippen molar-refractivity contribution in [2.45, 2.75) is 72.6 Å². The van der Waals surface area contributed by atoms with E-state index in [0.29, 0.717) is 12.5 Å². The molecule has 0 N–H and O–H groups in total. The Labute approximate surface area is 148 Å². The molecule has 0 amide bonds. The van der Waals surface area contributed by atoms with Gasteiger partial charge in [0.2, 0.25) is 0 Å². The molecule has 0 heterocycles. The molecule has 0 aromatic rings. The molecule has 0 aromatic heterocycles. The van der Waals surface area contributed by atoms with Gasteiger partial charge in [-0.15, -0.1) is 0 Å². The number of carbonyl (C=O) groups is 1. The van der Waals surface area contributed by atoms with Crippen LogP contribution in [0.15, 0.2) is 47.1 Å². The van der Waals surface area contributed by atoms with Crippen molar-refractivity contribution in [2.75, 3.05) is 6.61 Å². The second kappa shape index (κ2) is 11.1. The first-order valence-electron chi connectivity index (χ1n) is 9.16. The van der Waals surface area contributed by atoms with Crippen LogP contribution in [-0.4, -0.2) is 12.6 Å². The number of hydrogen-bond donors (Lipinski definition) is 0. The van der Waals surface area contributed by atoms with E-state index in [-0.39, 0.29) is 5.97 Å². The van der Waals surface area contributed by atoms with E-state index in [2.05, 4.69) is 45.6 Å². The highest BCUT2D eigenvalue weighted by molar-refractivity contribution is 5.66. The highest BCUT2D eigenvalue weighted by atomic mass is 16.5. The van der Waals surface area contributed by atoms with Crippen molar-refractivity contribution in [3.8, 4) is 0 Å². The van der Waals surface area contributed by atoms with Crippen LogP contribution < -0.4 is 0 Å². The topological polar surface area (TPSA) is 26.3 Å². The summed E-state index contributed by atoms with van der Waals surface area (Å²) >= 11 is 0. The van der Waals surface area contributed by atoms with Crippen LogP contribution in [0.4, 0.5) is 0 Å². The average Bonchev–Trinajstić information content (AvgIpc) is 2.50. The number of esters is 1. The molecule has 1 aliphatic carbocycles. The lowest BCUT2D eigenvalue weighted by molar-refractivity contribution is -0.140. The second-order valence-electron chi connectivity index (χ2n) is 7.14. The van der Waals surface area contributed by atoms with Gasteiger partial charge in [-0.2, -0.15) is 0 Å². The molecule has 0 saturated heterocycles. The summed E-state index contributed by atoms with van der Waals surface area (Å²) in [6.45, 7) is 12.7. The first kappa shape index (κ1) is 20.5. The Balaban J connectivity index is 2.81. The SMILES string of the molecule is C=C(C)C1CC=C(C)CCC=C(COC(C)=O)CCC=C(C)CC1. The molecule has 2 nitrogen and oxygen atoms in total. The standard InChI is InChI=1S/C22H34O2/c1-17(2)22-14-12-18(3)8-6-10-21(16-24-20(5)23)11-7-9-19(4)13-15-22/h8,11,13,22H,1,6-7,9-10,12,14-16H2,2-5H3. The Morgan fingerprint density at radius 2 is 1.75 bits per heavy atom. The lowest BCUT2D eigenvalue weighted by Crippen LogP contribution is -2.04. The molecule has 0 radical (unpaired) electrons. The predicted octanol–water partition coefficient (Wildman–Crippen LogP) is 6.31. The summed E-state index contributed by atoms with van der Waals surface area (Å²) in [7, 11) is 0. The van der Waals surface area contributed by atoms with Gasteiger partial charge in [-0.25, -0.2) is 0 Å². The van der Waals surface area contributed by atoms with Crippen LogP contribution in [0.3, 0.4) is 0 Å². The average molecular weight is 331 g/mol. The van der Waals surface area contributed by atoms with Crippen molar-refractivity contribution in [2.24, 2.45) is 5.92 Å². The van der Waals surface area contributed by atoms with Gasteiger partial charge in [0.05, 0.1) is 0 Å². The lowest BCUT2D eigenvalue weighted by atomic mass is 9.89. The van der Waals surface area contributed by atoms with Crippen LogP contribution in [0.1, 0.15) is 72.6 Å².